The molecule has 0 saturated heterocycles. The molecule has 0 bridgehead atoms. The Kier molecular flexibility index (Phi) is 6.97. The van der Waals surface area contributed by atoms with Crippen molar-refractivity contribution in [1.29, 1.82) is 0 Å². The monoisotopic (exact) mass is 512 g/mol. The van der Waals surface area contributed by atoms with Crippen LogP contribution in [-0.2, 0) is 24.3 Å². The van der Waals surface area contributed by atoms with Crippen molar-refractivity contribution in [2.24, 2.45) is 5.41 Å². The Morgan fingerprint density at radius 3 is 2.50 bits per heavy atom. The summed E-state index contributed by atoms with van der Waals surface area (Å²) in [5.74, 6) is -1.09. The average Bonchev–Trinajstić information content (AvgIpc) is 3.03. The van der Waals surface area contributed by atoms with Crippen molar-refractivity contribution >= 4 is 17.3 Å². The van der Waals surface area contributed by atoms with E-state index in [0.717, 1.165) is 60.5 Å². The summed E-state index contributed by atoms with van der Waals surface area (Å²) >= 11 is 0. The number of aliphatic carboxylic acids is 1. The highest BCUT2D eigenvalue weighted by atomic mass is 16.4. The lowest BCUT2D eigenvalue weighted by molar-refractivity contribution is -0.147. The molecule has 6 heteroatoms. The van der Waals surface area contributed by atoms with Crippen LogP contribution in [0.2, 0.25) is 0 Å². The molecule has 2 aliphatic heterocycles. The fourth-order valence-electron chi connectivity index (χ4n) is 6.33. The van der Waals surface area contributed by atoms with Gasteiger partial charge in [0.1, 0.15) is 0 Å². The van der Waals surface area contributed by atoms with Gasteiger partial charge in [-0.15, -0.1) is 5.53 Å². The Labute approximate surface area is 226 Å². The van der Waals surface area contributed by atoms with E-state index in [1.54, 1.807) is 0 Å². The highest BCUT2D eigenvalue weighted by molar-refractivity contribution is 5.81. The topological polar surface area (TPSA) is 59.1 Å². The maximum atomic E-state index is 12.7. The highest BCUT2D eigenvalue weighted by Gasteiger charge is 2.41. The molecule has 2 heterocycles. The van der Waals surface area contributed by atoms with Crippen molar-refractivity contribution in [3.8, 4) is 0 Å². The lowest BCUT2D eigenvalue weighted by Gasteiger charge is -2.34. The van der Waals surface area contributed by atoms with Crippen molar-refractivity contribution in [2.75, 3.05) is 30.7 Å². The van der Waals surface area contributed by atoms with E-state index >= 15 is 0 Å². The number of nitrogens with zero attached hydrogens (tertiary/aromatic N) is 3. The summed E-state index contributed by atoms with van der Waals surface area (Å²) in [5.41, 5.74) is 13.1. The van der Waals surface area contributed by atoms with Crippen LogP contribution in [0.4, 0.5) is 11.4 Å². The van der Waals surface area contributed by atoms with Crippen LogP contribution in [0.3, 0.4) is 0 Å². The summed E-state index contributed by atoms with van der Waals surface area (Å²) in [7, 11) is 3.99. The molecule has 0 aromatic heterocycles. The van der Waals surface area contributed by atoms with Gasteiger partial charge in [0, 0.05) is 33.1 Å². The molecule has 1 unspecified atom stereocenters. The first-order chi connectivity index (χ1) is 18.1. The third-order valence-electron chi connectivity index (χ3n) is 8.57. The fourth-order valence-corrected chi connectivity index (χ4v) is 6.33. The number of nitrogens with one attached hydrogen (secondary N) is 1. The Balaban J connectivity index is 1.55. The number of carbonyl (C=O) groups is 1. The van der Waals surface area contributed by atoms with Crippen molar-refractivity contribution in [2.45, 2.75) is 59.5 Å². The van der Waals surface area contributed by atoms with Crippen molar-refractivity contribution < 1.29 is 9.90 Å². The van der Waals surface area contributed by atoms with Crippen molar-refractivity contribution in [3.63, 3.8) is 0 Å². The number of fused-ring (bicyclic) bond motifs is 2. The normalized spacial score (nSPS) is 16.7. The molecule has 2 N–H and O–H groups in total. The number of hydrogen-bond acceptors (Lipinski definition) is 5. The Morgan fingerprint density at radius 1 is 1.03 bits per heavy atom. The van der Waals surface area contributed by atoms with Crippen LogP contribution in [0, 0.1) is 19.3 Å². The van der Waals surface area contributed by atoms with E-state index in [4.69, 9.17) is 0 Å². The number of rotatable bonds is 6. The number of hydrogen-bond donors (Lipinski definition) is 2. The minimum atomic E-state index is -0.996. The minimum Gasteiger partial charge on any atom is -0.481 e. The summed E-state index contributed by atoms with van der Waals surface area (Å²) in [6.45, 7) is 10.8. The van der Waals surface area contributed by atoms with Crippen LogP contribution < -0.4 is 15.6 Å². The van der Waals surface area contributed by atoms with Gasteiger partial charge in [-0.3, -0.25) is 19.7 Å². The molecule has 0 amide bonds. The lowest BCUT2D eigenvalue weighted by Crippen LogP contribution is -2.39. The van der Waals surface area contributed by atoms with Crippen molar-refractivity contribution in [1.82, 2.24) is 10.4 Å². The molecule has 6 nitrogen and oxygen atoms in total. The predicted octanol–water partition coefficient (Wildman–Crippen LogP) is 5.80. The van der Waals surface area contributed by atoms with Crippen LogP contribution >= 0.6 is 0 Å². The summed E-state index contributed by atoms with van der Waals surface area (Å²) in [4.78, 5) is 15.2. The van der Waals surface area contributed by atoms with E-state index in [9.17, 15) is 9.90 Å². The number of benzene rings is 3. The third-order valence-corrected chi connectivity index (χ3v) is 8.57. The van der Waals surface area contributed by atoms with Crippen LogP contribution in [0.15, 0.2) is 54.6 Å². The van der Waals surface area contributed by atoms with Crippen LogP contribution in [0.25, 0.3) is 0 Å². The van der Waals surface area contributed by atoms with Gasteiger partial charge in [0.15, 0.2) is 0 Å². The third kappa shape index (κ3) is 4.67. The second kappa shape index (κ2) is 10.1. The van der Waals surface area contributed by atoms with Gasteiger partial charge in [-0.2, -0.15) is 0 Å². The zero-order valence-corrected chi connectivity index (χ0v) is 23.5. The smallest absolute Gasteiger partial charge is 0.310 e. The van der Waals surface area contributed by atoms with E-state index in [0.29, 0.717) is 0 Å². The summed E-state index contributed by atoms with van der Waals surface area (Å²) in [6.07, 6.45) is 2.27. The zero-order valence-electron chi connectivity index (χ0n) is 23.5. The maximum absolute atomic E-state index is 12.7. The Hall–Kier alpha value is -3.35. The van der Waals surface area contributed by atoms with Gasteiger partial charge < -0.3 is 5.11 Å². The van der Waals surface area contributed by atoms with E-state index in [1.165, 1.54) is 22.3 Å². The molecule has 3 aromatic carbocycles. The molecule has 0 aliphatic carbocycles. The van der Waals surface area contributed by atoms with E-state index in [1.807, 2.05) is 38.0 Å². The number of aryl methyl sites for hydroxylation is 2. The summed E-state index contributed by atoms with van der Waals surface area (Å²) in [5, 5.41) is 14.4. The van der Waals surface area contributed by atoms with Crippen LogP contribution in [-0.4, -0.2) is 36.6 Å². The van der Waals surface area contributed by atoms with Gasteiger partial charge >= 0.3 is 5.97 Å². The van der Waals surface area contributed by atoms with E-state index < -0.39 is 11.4 Å². The first kappa shape index (κ1) is 26.3. The second-order valence-corrected chi connectivity index (χ2v) is 11.6. The predicted molar refractivity (Wildman–Crippen MR) is 154 cm³/mol. The summed E-state index contributed by atoms with van der Waals surface area (Å²) in [6, 6.07) is 19.6. The lowest BCUT2D eigenvalue weighted by atomic mass is 9.69. The molecule has 38 heavy (non-hydrogen) atoms. The molecule has 0 spiro atoms. The molecule has 1 atom stereocenters. The van der Waals surface area contributed by atoms with Gasteiger partial charge in [0.05, 0.1) is 16.8 Å². The molecule has 200 valence electrons. The van der Waals surface area contributed by atoms with Gasteiger partial charge in [0.2, 0.25) is 0 Å². The Bertz CT molecular complexity index is 1370. The zero-order chi connectivity index (χ0) is 27.2. The van der Waals surface area contributed by atoms with Gasteiger partial charge in [-0.1, -0.05) is 48.5 Å². The molecule has 0 fully saturated rings. The largest absolute Gasteiger partial charge is 0.481 e. The first-order valence-corrected chi connectivity index (χ1v) is 13.6. The summed E-state index contributed by atoms with van der Waals surface area (Å²) < 4.78 is 0. The van der Waals surface area contributed by atoms with Gasteiger partial charge in [-0.05, 0) is 92.1 Å². The second-order valence-electron chi connectivity index (χ2n) is 11.6. The number of carboxylic acid groups (broad SMARTS) is 1. The fraction of sp³-hybridized carbons (Fsp3) is 0.406. The molecule has 3 aromatic rings. The highest BCUT2D eigenvalue weighted by Crippen LogP contribution is 2.47. The minimum absolute atomic E-state index is 0.297. The number of hydrazine groups is 2. The van der Waals surface area contributed by atoms with Gasteiger partial charge in [0.25, 0.3) is 0 Å². The molecule has 0 radical (unpaired) electrons. The molecular formula is C32H40N4O2. The quantitative estimate of drug-likeness (QED) is 0.435. The van der Waals surface area contributed by atoms with E-state index in [-0.39, 0.29) is 5.92 Å². The van der Waals surface area contributed by atoms with Crippen molar-refractivity contribution in [3.05, 3.63) is 93.5 Å². The SMILES string of the molecule is Cc1ccc(C(c2ccc3c(c2C)N(C)NN3C)C(C)(C)C(=O)O)cc1CN1CCCc2ccccc2C1. The molecule has 0 saturated carbocycles. The molecule has 2 aliphatic rings. The van der Waals surface area contributed by atoms with Gasteiger partial charge in [-0.25, -0.2) is 0 Å². The number of carboxylic acids is 1. The molecular weight excluding hydrogens is 472 g/mol. The van der Waals surface area contributed by atoms with E-state index in [2.05, 4.69) is 78.9 Å². The standard InChI is InChI=1S/C32H40N4O2/c1-21-13-14-24(18-26(21)20-36-17-9-12-23-10-7-8-11-25(23)19-36)29(32(3,4)31(37)38)27-15-16-28-30(22(27)2)35(6)33-34(28)5/h7-8,10-11,13-16,18,29,33H,9,12,17,19-20H2,1-6H3,(H,37,38). The average molecular weight is 513 g/mol. The molecule has 5 rings (SSSR count). The van der Waals surface area contributed by atoms with Crippen LogP contribution in [0.5, 0.6) is 0 Å². The van der Waals surface area contributed by atoms with Crippen LogP contribution in [0.1, 0.15) is 65.1 Å². The first-order valence-electron chi connectivity index (χ1n) is 13.6. The maximum Gasteiger partial charge on any atom is 0.310 e. The number of anilines is 2. The Morgan fingerprint density at radius 2 is 1.76 bits per heavy atom.